The number of carbonyl (C=O) groups excluding carboxylic acids is 1. The molecule has 0 saturated heterocycles. The highest BCUT2D eigenvalue weighted by Crippen LogP contribution is 2.34. The van der Waals surface area contributed by atoms with E-state index in [4.69, 9.17) is 22.1 Å². The van der Waals surface area contributed by atoms with Gasteiger partial charge in [-0.05, 0) is 37.3 Å². The summed E-state index contributed by atoms with van der Waals surface area (Å²) in [5.41, 5.74) is 5.81. The van der Waals surface area contributed by atoms with Crippen molar-refractivity contribution in [3.8, 4) is 0 Å². The van der Waals surface area contributed by atoms with E-state index in [-0.39, 0.29) is 29.3 Å². The number of nitrogens with two attached hydrogens (primary N) is 1. The van der Waals surface area contributed by atoms with E-state index in [1.54, 1.807) is 25.1 Å². The minimum Gasteiger partial charge on any atom is -0.390 e. The van der Waals surface area contributed by atoms with Crippen molar-refractivity contribution < 1.29 is 13.9 Å². The van der Waals surface area contributed by atoms with Crippen LogP contribution in [-0.2, 0) is 4.74 Å². The van der Waals surface area contributed by atoms with Crippen molar-refractivity contribution in [3.63, 3.8) is 0 Å². The summed E-state index contributed by atoms with van der Waals surface area (Å²) in [5.74, 6) is -1.07. The Hall–Kier alpha value is -1.96. The van der Waals surface area contributed by atoms with Crippen molar-refractivity contribution in [2.24, 2.45) is 10.7 Å². The Morgan fingerprint density at radius 1 is 1.44 bits per heavy atom. The van der Waals surface area contributed by atoms with Gasteiger partial charge in [0.1, 0.15) is 12.3 Å². The lowest BCUT2D eigenvalue weighted by atomic mass is 10.1. The van der Waals surface area contributed by atoms with Crippen molar-refractivity contribution in [2.75, 3.05) is 18.5 Å². The fraction of sp³-hybridized carbons (Fsp3) is 0.176. The van der Waals surface area contributed by atoms with Crippen molar-refractivity contribution in [2.45, 2.75) is 6.92 Å². The van der Waals surface area contributed by atoms with Crippen LogP contribution in [0.15, 0.2) is 39.8 Å². The summed E-state index contributed by atoms with van der Waals surface area (Å²) in [6, 6.07) is 7.93. The van der Waals surface area contributed by atoms with E-state index in [1.807, 2.05) is 0 Å². The van der Waals surface area contributed by atoms with Crippen LogP contribution in [0.1, 0.15) is 17.3 Å². The van der Waals surface area contributed by atoms with Gasteiger partial charge in [-0.2, -0.15) is 0 Å². The Morgan fingerprint density at radius 3 is 2.84 bits per heavy atom. The van der Waals surface area contributed by atoms with E-state index in [0.29, 0.717) is 17.3 Å². The van der Waals surface area contributed by atoms with Crippen molar-refractivity contribution >= 4 is 56.7 Å². The number of ether oxygens (including phenoxy) is 1. The summed E-state index contributed by atoms with van der Waals surface area (Å²) in [5, 5.41) is 3.24. The maximum Gasteiger partial charge on any atom is 0.190 e. The zero-order valence-corrected chi connectivity index (χ0v) is 15.7. The molecular formula is C17H16BrClFN3O2. The number of rotatable bonds is 7. The number of benzene rings is 2. The molecule has 3 N–H and O–H groups in total. The molecule has 0 saturated carbocycles. The van der Waals surface area contributed by atoms with Crippen molar-refractivity contribution in [1.29, 1.82) is 0 Å². The molecule has 0 spiro atoms. The molecule has 2 rings (SSSR count). The first-order valence-corrected chi connectivity index (χ1v) is 8.54. The Labute approximate surface area is 158 Å². The molecule has 2 aromatic carbocycles. The second kappa shape index (κ2) is 8.94. The number of ketones is 1. The highest BCUT2D eigenvalue weighted by atomic mass is 79.9. The molecule has 0 fully saturated rings. The third-order valence-corrected chi connectivity index (χ3v) is 4.07. The van der Waals surface area contributed by atoms with Gasteiger partial charge in [0, 0.05) is 16.6 Å². The Bertz CT molecular complexity index is 815. The Balaban J connectivity index is 2.50. The standard InChI is InChI=1S/C17H16BrClFN3O2/c1-2-25-8-15(24)11-4-6-14(22-9-21)16(20)17(11)23-13-5-3-10(18)7-12(13)19/h3-7,9,23H,2,8H2,1H3,(H2,21,22). The SMILES string of the molecule is CCOCC(=O)c1ccc(N=CN)c(F)c1Nc1ccc(Br)cc1Cl. The average Bonchev–Trinajstić information content (AvgIpc) is 2.58. The van der Waals surface area contributed by atoms with Crippen LogP contribution < -0.4 is 11.1 Å². The van der Waals surface area contributed by atoms with Gasteiger partial charge < -0.3 is 15.8 Å². The van der Waals surface area contributed by atoms with Gasteiger partial charge in [-0.1, -0.05) is 27.5 Å². The fourth-order valence-corrected chi connectivity index (χ4v) is 2.82. The third kappa shape index (κ3) is 4.78. The smallest absolute Gasteiger partial charge is 0.190 e. The molecule has 0 atom stereocenters. The molecule has 0 bridgehead atoms. The predicted molar refractivity (Wildman–Crippen MR) is 102 cm³/mol. The largest absolute Gasteiger partial charge is 0.390 e. The number of carbonyl (C=O) groups is 1. The second-order valence-electron chi connectivity index (χ2n) is 4.91. The Morgan fingerprint density at radius 2 is 2.20 bits per heavy atom. The molecule has 0 aliphatic carbocycles. The van der Waals surface area contributed by atoms with E-state index < -0.39 is 5.82 Å². The molecule has 25 heavy (non-hydrogen) atoms. The number of nitrogens with zero attached hydrogens (tertiary/aromatic N) is 1. The summed E-state index contributed by atoms with van der Waals surface area (Å²) in [6.07, 6.45) is 0.983. The zero-order valence-electron chi connectivity index (χ0n) is 13.4. The molecule has 0 heterocycles. The van der Waals surface area contributed by atoms with Crippen LogP contribution in [0.2, 0.25) is 5.02 Å². The molecule has 0 radical (unpaired) electrons. The van der Waals surface area contributed by atoms with Crippen LogP contribution in [-0.4, -0.2) is 25.3 Å². The predicted octanol–water partition coefficient (Wildman–Crippen LogP) is 4.82. The van der Waals surface area contributed by atoms with Crippen molar-refractivity contribution in [1.82, 2.24) is 0 Å². The first-order valence-electron chi connectivity index (χ1n) is 7.37. The Kier molecular flexibility index (Phi) is 6.92. The van der Waals surface area contributed by atoms with Gasteiger partial charge in [-0.25, -0.2) is 9.38 Å². The summed E-state index contributed by atoms with van der Waals surface area (Å²) < 4.78 is 20.7. The highest BCUT2D eigenvalue weighted by Gasteiger charge is 2.19. The van der Waals surface area contributed by atoms with Gasteiger partial charge in [0.15, 0.2) is 11.6 Å². The maximum atomic E-state index is 14.8. The van der Waals surface area contributed by atoms with E-state index in [9.17, 15) is 9.18 Å². The van der Waals surface area contributed by atoms with E-state index in [1.165, 1.54) is 12.1 Å². The lowest BCUT2D eigenvalue weighted by Crippen LogP contribution is -2.12. The van der Waals surface area contributed by atoms with Gasteiger partial charge in [-0.15, -0.1) is 0 Å². The molecule has 2 aromatic rings. The first kappa shape index (κ1) is 19.4. The molecule has 0 aliphatic heterocycles. The minimum atomic E-state index is -0.706. The van der Waals surface area contributed by atoms with E-state index in [0.717, 1.165) is 10.8 Å². The normalized spacial score (nSPS) is 11.0. The van der Waals surface area contributed by atoms with Gasteiger partial charge in [0.25, 0.3) is 0 Å². The second-order valence-corrected chi connectivity index (χ2v) is 6.23. The summed E-state index contributed by atoms with van der Waals surface area (Å²) in [4.78, 5) is 16.1. The lowest BCUT2D eigenvalue weighted by molar-refractivity contribution is 0.0784. The molecule has 0 aromatic heterocycles. The number of nitrogens with one attached hydrogen (secondary N) is 1. The van der Waals surface area contributed by atoms with E-state index >= 15 is 0 Å². The highest BCUT2D eigenvalue weighted by molar-refractivity contribution is 9.10. The number of hydrogen-bond acceptors (Lipinski definition) is 4. The number of Topliss-reactive ketones (excluding diaryl/α,β-unsaturated/α-hetero) is 1. The lowest BCUT2D eigenvalue weighted by Gasteiger charge is -2.15. The maximum absolute atomic E-state index is 14.8. The number of halogens is 3. The molecule has 0 amide bonds. The monoisotopic (exact) mass is 427 g/mol. The molecule has 0 aliphatic rings. The fourth-order valence-electron chi connectivity index (χ4n) is 2.10. The molecule has 8 heteroatoms. The van der Waals surface area contributed by atoms with Crippen LogP contribution in [0.4, 0.5) is 21.5 Å². The average molecular weight is 429 g/mol. The van der Waals surface area contributed by atoms with E-state index in [2.05, 4.69) is 26.2 Å². The summed E-state index contributed by atoms with van der Waals surface area (Å²) in [6.45, 7) is 2.00. The number of anilines is 2. The van der Waals surface area contributed by atoms with Crippen LogP contribution in [0.5, 0.6) is 0 Å². The molecule has 0 unspecified atom stereocenters. The summed E-state index contributed by atoms with van der Waals surface area (Å²) >= 11 is 9.48. The zero-order chi connectivity index (χ0) is 18.4. The quantitative estimate of drug-likeness (QED) is 0.376. The first-order chi connectivity index (χ1) is 12.0. The molecular weight excluding hydrogens is 413 g/mol. The molecule has 132 valence electrons. The van der Waals surface area contributed by atoms with Gasteiger partial charge in [0.2, 0.25) is 0 Å². The number of hydrogen-bond donors (Lipinski definition) is 2. The van der Waals surface area contributed by atoms with Gasteiger partial charge in [0.05, 0.1) is 22.7 Å². The van der Waals surface area contributed by atoms with Gasteiger partial charge >= 0.3 is 0 Å². The minimum absolute atomic E-state index is 0.00574. The topological polar surface area (TPSA) is 76.7 Å². The van der Waals surface area contributed by atoms with Crippen LogP contribution in [0.25, 0.3) is 0 Å². The van der Waals surface area contributed by atoms with Crippen LogP contribution >= 0.6 is 27.5 Å². The third-order valence-electron chi connectivity index (χ3n) is 3.26. The van der Waals surface area contributed by atoms with Gasteiger partial charge in [-0.3, -0.25) is 4.79 Å². The summed E-state index contributed by atoms with van der Waals surface area (Å²) in [7, 11) is 0. The van der Waals surface area contributed by atoms with Crippen LogP contribution in [0, 0.1) is 5.82 Å². The molecule has 5 nitrogen and oxygen atoms in total. The number of aliphatic imine (C=N–C) groups is 1. The van der Waals surface area contributed by atoms with Crippen LogP contribution in [0.3, 0.4) is 0 Å². The van der Waals surface area contributed by atoms with Crippen molar-refractivity contribution in [3.05, 3.63) is 51.2 Å².